The second-order valence-electron chi connectivity index (χ2n) is 3.81. The van der Waals surface area contributed by atoms with Crippen LogP contribution in [0.2, 0.25) is 0 Å². The van der Waals surface area contributed by atoms with Crippen LogP contribution in [0.4, 0.5) is 0 Å². The van der Waals surface area contributed by atoms with Gasteiger partial charge in [0.05, 0.1) is 0 Å². The van der Waals surface area contributed by atoms with Crippen LogP contribution in [-0.4, -0.2) is 22.4 Å². The van der Waals surface area contributed by atoms with Gasteiger partial charge in [-0.3, -0.25) is 0 Å². The average molecular weight is 142 g/mol. The summed E-state index contributed by atoms with van der Waals surface area (Å²) in [5.74, 6) is 0. The van der Waals surface area contributed by atoms with Crippen LogP contribution in [-0.2, 0) is 0 Å². The molecular weight excluding hydrogens is 128 g/mol. The molecule has 58 valence electrons. The fourth-order valence-corrected chi connectivity index (χ4v) is 1.13. The van der Waals surface area contributed by atoms with E-state index in [4.69, 9.17) is 5.11 Å². The molecule has 2 N–H and O–H groups in total. The number of hydrogen-bond donors (Lipinski definition) is 2. The summed E-state index contributed by atoms with van der Waals surface area (Å²) in [7, 11) is 0. The van der Waals surface area contributed by atoms with Crippen molar-refractivity contribution in [1.29, 1.82) is 0 Å². The summed E-state index contributed by atoms with van der Waals surface area (Å²) in [6.07, 6.45) is 0.458. The van der Waals surface area contributed by atoms with E-state index in [1.165, 1.54) is 0 Å². The number of aliphatic hydroxyl groups is 2. The van der Waals surface area contributed by atoms with Gasteiger partial charge in [-0.05, 0) is 11.0 Å². The van der Waals surface area contributed by atoms with Crippen molar-refractivity contribution in [2.24, 2.45) is 5.41 Å². The van der Waals surface area contributed by atoms with Crippen LogP contribution in [0.15, 0.2) is 11.6 Å². The third kappa shape index (κ3) is 1.09. The third-order valence-corrected chi connectivity index (χ3v) is 1.86. The molecule has 2 unspecified atom stereocenters. The van der Waals surface area contributed by atoms with Crippen molar-refractivity contribution in [1.82, 2.24) is 0 Å². The van der Waals surface area contributed by atoms with E-state index in [-0.39, 0.29) is 5.41 Å². The molecule has 10 heavy (non-hydrogen) atoms. The minimum Gasteiger partial charge on any atom is -0.386 e. The van der Waals surface area contributed by atoms with Crippen molar-refractivity contribution in [3.63, 3.8) is 0 Å². The lowest BCUT2D eigenvalue weighted by Gasteiger charge is -2.36. The Morgan fingerprint density at radius 3 is 1.90 bits per heavy atom. The molecule has 0 saturated carbocycles. The van der Waals surface area contributed by atoms with E-state index in [9.17, 15) is 5.11 Å². The molecule has 0 bridgehead atoms. The van der Waals surface area contributed by atoms with Crippen molar-refractivity contribution in [3.05, 3.63) is 11.6 Å². The Bertz CT molecular complexity index is 165. The molecule has 2 heteroatoms. The van der Waals surface area contributed by atoms with Gasteiger partial charge in [0.2, 0.25) is 0 Å². The van der Waals surface area contributed by atoms with E-state index in [1.54, 1.807) is 6.08 Å². The van der Waals surface area contributed by atoms with Gasteiger partial charge >= 0.3 is 0 Å². The number of hydrogen-bond acceptors (Lipinski definition) is 2. The van der Waals surface area contributed by atoms with Crippen LogP contribution in [0.5, 0.6) is 0 Å². The zero-order valence-electron chi connectivity index (χ0n) is 6.63. The van der Waals surface area contributed by atoms with Crippen molar-refractivity contribution in [2.45, 2.75) is 33.0 Å². The molecule has 0 fully saturated rings. The Labute approximate surface area is 61.2 Å². The van der Waals surface area contributed by atoms with Crippen LogP contribution in [0.25, 0.3) is 0 Å². The summed E-state index contributed by atoms with van der Waals surface area (Å²) in [6.45, 7) is 6.07. The molecule has 0 spiro atoms. The van der Waals surface area contributed by atoms with Gasteiger partial charge in [-0.1, -0.05) is 26.8 Å². The predicted molar refractivity (Wildman–Crippen MR) is 39.6 cm³/mol. The van der Waals surface area contributed by atoms with Crippen LogP contribution in [0.1, 0.15) is 20.8 Å². The van der Waals surface area contributed by atoms with E-state index in [0.29, 0.717) is 0 Å². The Morgan fingerprint density at radius 1 is 1.30 bits per heavy atom. The van der Waals surface area contributed by atoms with E-state index in [2.05, 4.69) is 0 Å². The first-order chi connectivity index (χ1) is 4.43. The molecule has 2 atom stereocenters. The zero-order chi connectivity index (χ0) is 7.94. The van der Waals surface area contributed by atoms with Gasteiger partial charge in [0, 0.05) is 0 Å². The van der Waals surface area contributed by atoms with Crippen molar-refractivity contribution in [3.8, 4) is 0 Å². The highest BCUT2D eigenvalue weighted by molar-refractivity contribution is 5.29. The van der Waals surface area contributed by atoms with Gasteiger partial charge in [-0.15, -0.1) is 0 Å². The average Bonchev–Trinajstić information content (AvgIpc) is 1.79. The Kier molecular flexibility index (Phi) is 1.61. The number of rotatable bonds is 0. The highest BCUT2D eigenvalue weighted by atomic mass is 16.3. The normalized spacial score (nSPS) is 33.1. The molecule has 0 aromatic rings. The topological polar surface area (TPSA) is 40.5 Å². The Hall–Kier alpha value is -0.340. The SMILES string of the molecule is CC(C)(C)C1=CC(O)C1O. The van der Waals surface area contributed by atoms with Crippen molar-refractivity contribution < 1.29 is 10.2 Å². The van der Waals surface area contributed by atoms with Gasteiger partial charge in [-0.25, -0.2) is 0 Å². The lowest BCUT2D eigenvalue weighted by Crippen LogP contribution is -2.40. The maximum Gasteiger partial charge on any atom is 0.105 e. The minimum absolute atomic E-state index is 0.00134. The zero-order valence-corrected chi connectivity index (χ0v) is 6.63. The van der Waals surface area contributed by atoms with E-state index in [0.717, 1.165) is 5.57 Å². The maximum atomic E-state index is 9.19. The monoisotopic (exact) mass is 142 g/mol. The molecule has 1 aliphatic rings. The molecule has 0 aromatic heterocycles. The maximum absolute atomic E-state index is 9.19. The fraction of sp³-hybridized carbons (Fsp3) is 0.750. The molecule has 0 saturated heterocycles. The summed E-state index contributed by atoms with van der Waals surface area (Å²) in [6, 6.07) is 0. The van der Waals surface area contributed by atoms with Gasteiger partial charge in [-0.2, -0.15) is 0 Å². The van der Waals surface area contributed by atoms with Crippen molar-refractivity contribution in [2.75, 3.05) is 0 Å². The largest absolute Gasteiger partial charge is 0.386 e. The molecule has 0 aromatic carbocycles. The molecule has 1 rings (SSSR count). The second-order valence-corrected chi connectivity index (χ2v) is 3.81. The first kappa shape index (κ1) is 7.76. The van der Waals surface area contributed by atoms with E-state index in [1.807, 2.05) is 20.8 Å². The summed E-state index contributed by atoms with van der Waals surface area (Å²) in [5, 5.41) is 18.1. The summed E-state index contributed by atoms with van der Waals surface area (Å²) >= 11 is 0. The summed E-state index contributed by atoms with van der Waals surface area (Å²) < 4.78 is 0. The fourth-order valence-electron chi connectivity index (χ4n) is 1.13. The molecular formula is C8H14O2. The van der Waals surface area contributed by atoms with Crippen LogP contribution in [0, 0.1) is 5.41 Å². The minimum atomic E-state index is -0.630. The second kappa shape index (κ2) is 2.07. The van der Waals surface area contributed by atoms with Gasteiger partial charge < -0.3 is 10.2 Å². The quantitative estimate of drug-likeness (QED) is 0.489. The molecule has 0 aliphatic heterocycles. The lowest BCUT2D eigenvalue weighted by molar-refractivity contribution is 0.0331. The standard InChI is InChI=1S/C8H14O2/c1-8(2,3)5-4-6(9)7(5)10/h4,6-7,9-10H,1-3H3. The first-order valence-electron chi connectivity index (χ1n) is 3.51. The highest BCUT2D eigenvalue weighted by Gasteiger charge is 2.35. The van der Waals surface area contributed by atoms with Gasteiger partial charge in [0.1, 0.15) is 12.2 Å². The molecule has 0 heterocycles. The summed E-state index contributed by atoms with van der Waals surface area (Å²) in [5.41, 5.74) is 0.943. The smallest absolute Gasteiger partial charge is 0.105 e. The lowest BCUT2D eigenvalue weighted by atomic mass is 9.74. The molecule has 2 nitrogen and oxygen atoms in total. The van der Waals surface area contributed by atoms with Crippen LogP contribution in [0.3, 0.4) is 0 Å². The van der Waals surface area contributed by atoms with Crippen molar-refractivity contribution >= 4 is 0 Å². The molecule has 0 radical (unpaired) electrons. The van der Waals surface area contributed by atoms with Crippen LogP contribution >= 0.6 is 0 Å². The number of aliphatic hydroxyl groups excluding tert-OH is 2. The molecule has 0 amide bonds. The van der Waals surface area contributed by atoms with Gasteiger partial charge in [0.25, 0.3) is 0 Å². The van der Waals surface area contributed by atoms with E-state index >= 15 is 0 Å². The predicted octanol–water partition coefficient (Wildman–Crippen LogP) is 0.694. The third-order valence-electron chi connectivity index (χ3n) is 1.86. The molecule has 1 aliphatic carbocycles. The highest BCUT2D eigenvalue weighted by Crippen LogP contribution is 2.35. The first-order valence-corrected chi connectivity index (χ1v) is 3.51. The Morgan fingerprint density at radius 2 is 1.80 bits per heavy atom. The van der Waals surface area contributed by atoms with Gasteiger partial charge in [0.15, 0.2) is 0 Å². The summed E-state index contributed by atoms with van der Waals surface area (Å²) in [4.78, 5) is 0. The Balaban J connectivity index is 2.71. The van der Waals surface area contributed by atoms with E-state index < -0.39 is 12.2 Å². The van der Waals surface area contributed by atoms with Crippen LogP contribution < -0.4 is 0 Å².